The Balaban J connectivity index is 2.34. The fourth-order valence-electron chi connectivity index (χ4n) is 2.95. The molecule has 0 spiro atoms. The highest BCUT2D eigenvalue weighted by Gasteiger charge is 2.47. The molecule has 112 valence electrons. The van der Waals surface area contributed by atoms with Gasteiger partial charge in [0.15, 0.2) is 9.84 Å². The second kappa shape index (κ2) is 5.83. The van der Waals surface area contributed by atoms with Crippen LogP contribution in [0.3, 0.4) is 0 Å². The zero-order chi connectivity index (χ0) is 15.0. The third-order valence-electron chi connectivity index (χ3n) is 3.90. The molecule has 1 aromatic carbocycles. The van der Waals surface area contributed by atoms with Crippen molar-refractivity contribution in [2.24, 2.45) is 5.73 Å². The largest absolute Gasteiger partial charge is 0.377 e. The van der Waals surface area contributed by atoms with Gasteiger partial charge in [-0.25, -0.2) is 8.42 Å². The fraction of sp³-hybridized carbons (Fsp3) is 0.538. The Hall–Kier alpha value is -0.300. The maximum Gasteiger partial charge on any atom is 0.152 e. The molecule has 20 heavy (non-hydrogen) atoms. The van der Waals surface area contributed by atoms with E-state index in [-0.39, 0.29) is 6.54 Å². The van der Waals surface area contributed by atoms with Crippen LogP contribution < -0.4 is 11.1 Å². The van der Waals surface area contributed by atoms with E-state index in [0.29, 0.717) is 11.4 Å². The zero-order valence-electron chi connectivity index (χ0n) is 11.2. The van der Waals surface area contributed by atoms with Crippen molar-refractivity contribution in [1.82, 2.24) is 0 Å². The van der Waals surface area contributed by atoms with Crippen molar-refractivity contribution in [3.8, 4) is 0 Å². The van der Waals surface area contributed by atoms with E-state index in [2.05, 4.69) is 21.2 Å². The molecule has 0 aromatic heterocycles. The van der Waals surface area contributed by atoms with Gasteiger partial charge in [-0.3, -0.25) is 0 Å². The highest BCUT2D eigenvalue weighted by Crippen LogP contribution is 2.38. The Morgan fingerprint density at radius 3 is 2.80 bits per heavy atom. The van der Waals surface area contributed by atoms with Gasteiger partial charge in [-0.05, 0) is 53.4 Å². The van der Waals surface area contributed by atoms with Crippen LogP contribution in [-0.4, -0.2) is 32.0 Å². The first-order chi connectivity index (χ1) is 9.28. The maximum absolute atomic E-state index is 12.0. The van der Waals surface area contributed by atoms with Crippen LogP contribution in [-0.2, 0) is 9.84 Å². The molecule has 0 amide bonds. The SMILES string of the molecule is CS(=O)(=O)C1CCCC1(CN)Nc1ccc(Cl)c(Br)c1. The molecule has 0 radical (unpaired) electrons. The number of nitrogens with one attached hydrogen (secondary N) is 1. The Morgan fingerprint density at radius 2 is 2.25 bits per heavy atom. The van der Waals surface area contributed by atoms with Gasteiger partial charge >= 0.3 is 0 Å². The monoisotopic (exact) mass is 380 g/mol. The molecular formula is C13H18BrClN2O2S. The molecule has 1 aliphatic carbocycles. The molecule has 0 bridgehead atoms. The minimum absolute atomic E-state index is 0.283. The molecule has 0 aliphatic heterocycles. The lowest BCUT2D eigenvalue weighted by atomic mass is 9.96. The molecule has 0 heterocycles. The van der Waals surface area contributed by atoms with Crippen LogP contribution in [0.2, 0.25) is 5.02 Å². The molecule has 4 nitrogen and oxygen atoms in total. The van der Waals surface area contributed by atoms with Crippen molar-refractivity contribution < 1.29 is 8.42 Å². The van der Waals surface area contributed by atoms with Crippen molar-refractivity contribution in [3.05, 3.63) is 27.7 Å². The van der Waals surface area contributed by atoms with Crippen LogP contribution in [0.1, 0.15) is 19.3 Å². The summed E-state index contributed by atoms with van der Waals surface area (Å²) in [5.74, 6) is 0. The average Bonchev–Trinajstić information content (AvgIpc) is 2.78. The first-order valence-electron chi connectivity index (χ1n) is 6.41. The first kappa shape index (κ1) is 16.1. The quantitative estimate of drug-likeness (QED) is 0.841. The number of anilines is 1. The summed E-state index contributed by atoms with van der Waals surface area (Å²) >= 11 is 9.34. The number of hydrogen-bond acceptors (Lipinski definition) is 4. The van der Waals surface area contributed by atoms with Gasteiger partial charge in [-0.15, -0.1) is 0 Å². The van der Waals surface area contributed by atoms with Crippen LogP contribution in [0.25, 0.3) is 0 Å². The van der Waals surface area contributed by atoms with Crippen LogP contribution in [0.15, 0.2) is 22.7 Å². The van der Waals surface area contributed by atoms with Crippen LogP contribution in [0, 0.1) is 0 Å². The van der Waals surface area contributed by atoms with Gasteiger partial charge in [0.2, 0.25) is 0 Å². The van der Waals surface area contributed by atoms with Gasteiger partial charge in [0.25, 0.3) is 0 Å². The smallest absolute Gasteiger partial charge is 0.152 e. The Morgan fingerprint density at radius 1 is 1.55 bits per heavy atom. The molecule has 1 aromatic rings. The number of hydrogen-bond donors (Lipinski definition) is 2. The maximum atomic E-state index is 12.0. The summed E-state index contributed by atoms with van der Waals surface area (Å²) in [6.07, 6.45) is 3.54. The van der Waals surface area contributed by atoms with Crippen LogP contribution in [0.5, 0.6) is 0 Å². The van der Waals surface area contributed by atoms with Crippen molar-refractivity contribution in [2.75, 3.05) is 18.1 Å². The molecule has 1 fully saturated rings. The van der Waals surface area contributed by atoms with E-state index in [1.807, 2.05) is 12.1 Å². The molecule has 1 saturated carbocycles. The molecule has 3 N–H and O–H groups in total. The van der Waals surface area contributed by atoms with Crippen LogP contribution >= 0.6 is 27.5 Å². The normalized spacial score (nSPS) is 26.7. The predicted molar refractivity (Wildman–Crippen MR) is 87.0 cm³/mol. The first-order valence-corrected chi connectivity index (χ1v) is 9.53. The minimum Gasteiger partial charge on any atom is -0.377 e. The van der Waals surface area contributed by atoms with Crippen molar-refractivity contribution >= 4 is 43.1 Å². The molecule has 2 unspecified atom stereocenters. The zero-order valence-corrected chi connectivity index (χ0v) is 14.4. The van der Waals surface area contributed by atoms with Crippen LogP contribution in [0.4, 0.5) is 5.69 Å². The Labute approximate surface area is 133 Å². The number of sulfone groups is 1. The van der Waals surface area contributed by atoms with Crippen molar-refractivity contribution in [1.29, 1.82) is 0 Å². The third kappa shape index (κ3) is 3.13. The summed E-state index contributed by atoms with van der Waals surface area (Å²) in [6.45, 7) is 0.283. The summed E-state index contributed by atoms with van der Waals surface area (Å²) in [5, 5.41) is 3.50. The number of halogens is 2. The fourth-order valence-corrected chi connectivity index (χ4v) is 5.14. The van der Waals surface area contributed by atoms with E-state index in [1.54, 1.807) is 6.07 Å². The van der Waals surface area contributed by atoms with Gasteiger partial charge < -0.3 is 11.1 Å². The molecule has 2 atom stereocenters. The highest BCUT2D eigenvalue weighted by molar-refractivity contribution is 9.10. The number of benzene rings is 1. The average molecular weight is 382 g/mol. The standard InChI is InChI=1S/C13H18BrClN2O2S/c1-20(18,19)12-3-2-6-13(12,8-16)17-9-4-5-11(15)10(14)7-9/h4-5,7,12,17H,2-3,6,8,16H2,1H3. The lowest BCUT2D eigenvalue weighted by molar-refractivity contribution is 0.479. The van der Waals surface area contributed by atoms with Gasteiger partial charge in [-0.1, -0.05) is 11.6 Å². The summed E-state index contributed by atoms with van der Waals surface area (Å²) < 4.78 is 24.8. The molecule has 1 aliphatic rings. The third-order valence-corrected chi connectivity index (χ3v) is 6.83. The molecule has 2 rings (SSSR count). The molecular weight excluding hydrogens is 364 g/mol. The van der Waals surface area contributed by atoms with Gasteiger partial charge in [-0.2, -0.15) is 0 Å². The van der Waals surface area contributed by atoms with E-state index < -0.39 is 20.6 Å². The number of nitrogens with two attached hydrogens (primary N) is 1. The second-order valence-electron chi connectivity index (χ2n) is 5.32. The molecule has 7 heteroatoms. The minimum atomic E-state index is -3.14. The highest BCUT2D eigenvalue weighted by atomic mass is 79.9. The summed E-state index contributed by atoms with van der Waals surface area (Å²) in [6, 6.07) is 5.45. The summed E-state index contributed by atoms with van der Waals surface area (Å²) in [4.78, 5) is 0. The lowest BCUT2D eigenvalue weighted by Gasteiger charge is -2.35. The van der Waals surface area contributed by atoms with Gasteiger partial charge in [0.05, 0.1) is 15.8 Å². The second-order valence-corrected chi connectivity index (χ2v) is 8.81. The lowest BCUT2D eigenvalue weighted by Crippen LogP contribution is -2.54. The predicted octanol–water partition coefficient (Wildman–Crippen LogP) is 2.81. The van der Waals surface area contributed by atoms with E-state index >= 15 is 0 Å². The van der Waals surface area contributed by atoms with Gasteiger partial charge in [0.1, 0.15) is 0 Å². The Kier molecular flexibility index (Phi) is 4.69. The van der Waals surface area contributed by atoms with E-state index in [4.69, 9.17) is 17.3 Å². The van der Waals surface area contributed by atoms with E-state index in [9.17, 15) is 8.42 Å². The summed E-state index contributed by atoms with van der Waals surface area (Å²) in [5.41, 5.74) is 6.13. The topological polar surface area (TPSA) is 72.2 Å². The van der Waals surface area contributed by atoms with E-state index in [0.717, 1.165) is 23.0 Å². The van der Waals surface area contributed by atoms with Crippen molar-refractivity contribution in [2.45, 2.75) is 30.1 Å². The number of rotatable bonds is 4. The Bertz CT molecular complexity index is 608. The van der Waals surface area contributed by atoms with Crippen molar-refractivity contribution in [3.63, 3.8) is 0 Å². The summed E-state index contributed by atoms with van der Waals surface area (Å²) in [7, 11) is -3.14. The van der Waals surface area contributed by atoms with Gasteiger partial charge in [0, 0.05) is 23.0 Å². The molecule has 0 saturated heterocycles. The van der Waals surface area contributed by atoms with E-state index in [1.165, 1.54) is 6.26 Å².